The predicted octanol–water partition coefficient (Wildman–Crippen LogP) is 1.39. The lowest BCUT2D eigenvalue weighted by atomic mass is 10.1. The molecular weight excluding hydrogens is 344 g/mol. The number of nitrogens with two attached hydrogens (primary N) is 1. The molecule has 2 rings (SSSR count). The van der Waals surface area contributed by atoms with Gasteiger partial charge in [0, 0.05) is 17.7 Å². The van der Waals surface area contributed by atoms with Crippen LogP contribution < -0.4 is 11.1 Å². The molecule has 6 nitrogen and oxygen atoms in total. The molecule has 0 aromatic heterocycles. The fourth-order valence-corrected chi connectivity index (χ4v) is 2.17. The third kappa shape index (κ3) is 6.12. The molecule has 0 heterocycles. The van der Waals surface area contributed by atoms with Gasteiger partial charge in [-0.1, -0.05) is 36.1 Å². The van der Waals surface area contributed by atoms with Gasteiger partial charge in [-0.2, -0.15) is 0 Å². The monoisotopic (exact) mass is 364 g/mol. The molecule has 0 saturated carbocycles. The molecule has 6 heteroatoms. The van der Waals surface area contributed by atoms with E-state index in [1.807, 2.05) is 30.3 Å². The predicted molar refractivity (Wildman–Crippen MR) is 103 cm³/mol. The molecule has 5 N–H and O–H groups in total. The average Bonchev–Trinajstić information content (AvgIpc) is 2.69. The van der Waals surface area contributed by atoms with Crippen LogP contribution in [0.3, 0.4) is 0 Å². The molecule has 138 valence electrons. The van der Waals surface area contributed by atoms with Gasteiger partial charge in [0.25, 0.3) is 5.91 Å². The lowest BCUT2D eigenvalue weighted by molar-refractivity contribution is -0.138. The quantitative estimate of drug-likeness (QED) is 0.579. The number of allylic oxidation sites excluding steroid dienone is 1. The Hall–Kier alpha value is -3.40. The fourth-order valence-electron chi connectivity index (χ4n) is 2.17. The molecule has 0 aliphatic rings. The zero-order valence-electron chi connectivity index (χ0n) is 14.6. The van der Waals surface area contributed by atoms with Gasteiger partial charge in [-0.25, -0.2) is 4.79 Å². The summed E-state index contributed by atoms with van der Waals surface area (Å²) in [5.41, 5.74) is 8.20. The maximum absolute atomic E-state index is 12.0. The van der Waals surface area contributed by atoms with Crippen molar-refractivity contribution in [3.8, 4) is 11.8 Å². The number of carbonyl (C=O) groups excluding carboxylic acids is 1. The number of carboxylic acid groups (broad SMARTS) is 1. The number of carbonyl (C=O) groups is 2. The number of hydrogen-bond donors (Lipinski definition) is 4. The Balaban J connectivity index is 1.97. The van der Waals surface area contributed by atoms with Gasteiger partial charge in [0.2, 0.25) is 0 Å². The summed E-state index contributed by atoms with van der Waals surface area (Å²) in [6.45, 7) is -0.166. The average molecular weight is 364 g/mol. The maximum atomic E-state index is 12.0. The molecule has 0 aliphatic heterocycles. The van der Waals surface area contributed by atoms with Crippen molar-refractivity contribution in [3.05, 3.63) is 76.9 Å². The minimum absolute atomic E-state index is 0.0149. The first-order chi connectivity index (χ1) is 13.0. The van der Waals surface area contributed by atoms with E-state index in [2.05, 4.69) is 17.2 Å². The molecule has 0 radical (unpaired) electrons. The van der Waals surface area contributed by atoms with Crippen LogP contribution >= 0.6 is 0 Å². The first-order valence-electron chi connectivity index (χ1n) is 8.25. The van der Waals surface area contributed by atoms with Gasteiger partial charge in [-0.15, -0.1) is 0 Å². The normalized spacial score (nSPS) is 11.5. The van der Waals surface area contributed by atoms with Crippen molar-refractivity contribution in [2.75, 3.05) is 6.54 Å². The van der Waals surface area contributed by atoms with Gasteiger partial charge in [0.15, 0.2) is 0 Å². The minimum atomic E-state index is -1.17. The van der Waals surface area contributed by atoms with E-state index in [4.69, 9.17) is 15.9 Å². The molecule has 1 amide bonds. The molecule has 0 unspecified atom stereocenters. The molecule has 0 aliphatic carbocycles. The summed E-state index contributed by atoms with van der Waals surface area (Å²) in [4.78, 5) is 22.9. The van der Waals surface area contributed by atoms with E-state index in [1.54, 1.807) is 30.3 Å². The second-order valence-corrected chi connectivity index (χ2v) is 5.68. The number of aliphatic carboxylic acids is 1. The van der Waals surface area contributed by atoms with Crippen LogP contribution in [0, 0.1) is 11.8 Å². The second-order valence-electron chi connectivity index (χ2n) is 5.68. The highest BCUT2D eigenvalue weighted by Gasteiger charge is 2.18. The standard InChI is InChI=1S/C21H20N2O4/c22-13-19(21(26)27)23-20(25)18-11-9-16(10-12-18)4-2-1-3-15-5-7-17(14-24)8-6-15/h1,3,5-12,19,24H,13-14,22H2,(H,23,25)(H,26,27)/b3-1+/t19-/m0/s1. The number of aliphatic hydroxyl groups excluding tert-OH is 1. The largest absolute Gasteiger partial charge is 0.480 e. The zero-order valence-corrected chi connectivity index (χ0v) is 14.6. The van der Waals surface area contributed by atoms with Gasteiger partial charge in [0.05, 0.1) is 6.61 Å². The Morgan fingerprint density at radius 2 is 1.78 bits per heavy atom. The van der Waals surface area contributed by atoms with Crippen molar-refractivity contribution >= 4 is 18.0 Å². The van der Waals surface area contributed by atoms with Crippen molar-refractivity contribution in [2.45, 2.75) is 12.6 Å². The fraction of sp³-hybridized carbons (Fsp3) is 0.143. The number of nitrogens with one attached hydrogen (secondary N) is 1. The van der Waals surface area contributed by atoms with Gasteiger partial charge in [-0.3, -0.25) is 4.79 Å². The third-order valence-corrected chi connectivity index (χ3v) is 3.72. The van der Waals surface area contributed by atoms with Crippen molar-refractivity contribution in [3.63, 3.8) is 0 Å². The number of aliphatic hydroxyl groups is 1. The Morgan fingerprint density at radius 3 is 2.33 bits per heavy atom. The van der Waals surface area contributed by atoms with Crippen LogP contribution in [0.25, 0.3) is 6.08 Å². The van der Waals surface area contributed by atoms with Crippen LogP contribution in [0.2, 0.25) is 0 Å². The Morgan fingerprint density at radius 1 is 1.11 bits per heavy atom. The van der Waals surface area contributed by atoms with E-state index in [9.17, 15) is 9.59 Å². The number of hydrogen-bond acceptors (Lipinski definition) is 4. The highest BCUT2D eigenvalue weighted by atomic mass is 16.4. The summed E-state index contributed by atoms with van der Waals surface area (Å²) in [5.74, 6) is 4.18. The number of amides is 1. The van der Waals surface area contributed by atoms with Crippen molar-refractivity contribution in [2.24, 2.45) is 5.73 Å². The lowest BCUT2D eigenvalue weighted by Crippen LogP contribution is -2.45. The van der Waals surface area contributed by atoms with Gasteiger partial charge < -0.3 is 21.3 Å². The molecule has 27 heavy (non-hydrogen) atoms. The van der Waals surface area contributed by atoms with E-state index in [0.29, 0.717) is 5.56 Å². The SMILES string of the molecule is NC[C@H](NC(=O)c1ccc(C#C/C=C/c2ccc(CO)cc2)cc1)C(=O)O. The van der Waals surface area contributed by atoms with Gasteiger partial charge >= 0.3 is 5.97 Å². The van der Waals surface area contributed by atoms with E-state index in [0.717, 1.165) is 16.7 Å². The summed E-state index contributed by atoms with van der Waals surface area (Å²) < 4.78 is 0. The van der Waals surface area contributed by atoms with Crippen molar-refractivity contribution in [1.82, 2.24) is 5.32 Å². The minimum Gasteiger partial charge on any atom is -0.480 e. The summed E-state index contributed by atoms with van der Waals surface area (Å²) in [6, 6.07) is 12.9. The second kappa shape index (κ2) is 9.92. The third-order valence-electron chi connectivity index (χ3n) is 3.72. The summed E-state index contributed by atoms with van der Waals surface area (Å²) in [7, 11) is 0. The molecule has 2 aromatic carbocycles. The van der Waals surface area contributed by atoms with Crippen LogP contribution in [-0.2, 0) is 11.4 Å². The Kier molecular flexibility index (Phi) is 7.32. The van der Waals surface area contributed by atoms with Gasteiger partial charge in [-0.05, 0) is 47.5 Å². The highest BCUT2D eigenvalue weighted by Crippen LogP contribution is 2.06. The molecule has 0 bridgehead atoms. The molecule has 0 saturated heterocycles. The van der Waals surface area contributed by atoms with Crippen LogP contribution in [0.1, 0.15) is 27.0 Å². The highest BCUT2D eigenvalue weighted by molar-refractivity contribution is 5.96. The van der Waals surface area contributed by atoms with Gasteiger partial charge in [0.1, 0.15) is 6.04 Å². The maximum Gasteiger partial charge on any atom is 0.327 e. The number of carboxylic acids is 1. The van der Waals surface area contributed by atoms with Crippen LogP contribution in [0.4, 0.5) is 0 Å². The van der Waals surface area contributed by atoms with E-state index < -0.39 is 17.9 Å². The van der Waals surface area contributed by atoms with Crippen LogP contribution in [0.15, 0.2) is 54.6 Å². The smallest absolute Gasteiger partial charge is 0.327 e. The molecular formula is C21H20N2O4. The Labute approximate surface area is 157 Å². The topological polar surface area (TPSA) is 113 Å². The molecule has 0 fully saturated rings. The van der Waals surface area contributed by atoms with Crippen LogP contribution in [-0.4, -0.2) is 34.7 Å². The van der Waals surface area contributed by atoms with Crippen molar-refractivity contribution < 1.29 is 19.8 Å². The number of rotatable bonds is 6. The molecule has 1 atom stereocenters. The molecule has 2 aromatic rings. The summed E-state index contributed by atoms with van der Waals surface area (Å²) in [6.07, 6.45) is 3.57. The van der Waals surface area contributed by atoms with Crippen molar-refractivity contribution in [1.29, 1.82) is 0 Å². The summed E-state index contributed by atoms with van der Waals surface area (Å²) >= 11 is 0. The van der Waals surface area contributed by atoms with Crippen LogP contribution in [0.5, 0.6) is 0 Å². The Bertz CT molecular complexity index is 875. The van der Waals surface area contributed by atoms with E-state index in [1.165, 1.54) is 0 Å². The number of benzene rings is 2. The van der Waals surface area contributed by atoms with E-state index >= 15 is 0 Å². The zero-order chi connectivity index (χ0) is 19.6. The first kappa shape index (κ1) is 19.9. The summed E-state index contributed by atoms with van der Waals surface area (Å²) in [5, 5.41) is 20.3. The lowest BCUT2D eigenvalue weighted by Gasteiger charge is -2.11. The first-order valence-corrected chi connectivity index (χ1v) is 8.25. The van der Waals surface area contributed by atoms with E-state index in [-0.39, 0.29) is 13.2 Å². The molecule has 0 spiro atoms.